The van der Waals surface area contributed by atoms with Gasteiger partial charge in [0.1, 0.15) is 6.04 Å². The number of rotatable bonds is 11. The van der Waals surface area contributed by atoms with E-state index in [1.807, 2.05) is 6.26 Å². The highest BCUT2D eigenvalue weighted by atomic mass is 32.2. The number of carboxylic acid groups (broad SMARTS) is 1. The molecule has 0 aromatic carbocycles. The van der Waals surface area contributed by atoms with Crippen LogP contribution in [0.5, 0.6) is 0 Å². The van der Waals surface area contributed by atoms with Crippen molar-refractivity contribution in [2.24, 2.45) is 5.92 Å². The van der Waals surface area contributed by atoms with Crippen molar-refractivity contribution in [3.63, 3.8) is 0 Å². The van der Waals surface area contributed by atoms with Gasteiger partial charge in [-0.2, -0.15) is 11.8 Å². The summed E-state index contributed by atoms with van der Waals surface area (Å²) in [7, 11) is 0. The number of urea groups is 1. The van der Waals surface area contributed by atoms with Crippen LogP contribution in [0.25, 0.3) is 0 Å². The summed E-state index contributed by atoms with van der Waals surface area (Å²) in [5.74, 6) is 0.452. The van der Waals surface area contributed by atoms with Gasteiger partial charge in [-0.1, -0.05) is 0 Å². The number of nitrogens with one attached hydrogen (secondary N) is 2. The molecule has 0 aliphatic heterocycles. The average Bonchev–Trinajstić information content (AvgIpc) is 3.22. The summed E-state index contributed by atoms with van der Waals surface area (Å²) in [5.41, 5.74) is 0. The molecule has 7 heteroatoms. The lowest BCUT2D eigenvalue weighted by Crippen LogP contribution is -2.46. The van der Waals surface area contributed by atoms with E-state index in [0.717, 1.165) is 18.9 Å². The van der Waals surface area contributed by atoms with E-state index in [9.17, 15) is 9.59 Å². The molecule has 0 aromatic rings. The molecule has 1 fully saturated rings. The third-order valence-corrected chi connectivity index (χ3v) is 3.66. The minimum Gasteiger partial charge on any atom is -0.480 e. The second-order valence-corrected chi connectivity index (χ2v) is 5.93. The predicted octanol–water partition coefficient (Wildman–Crippen LogP) is 1.31. The number of ether oxygens (including phenoxy) is 1. The van der Waals surface area contributed by atoms with Crippen LogP contribution in [-0.2, 0) is 9.53 Å². The second kappa shape index (κ2) is 9.88. The molecule has 1 aliphatic carbocycles. The molecular formula is C13H24N2O4S. The normalized spacial score (nSPS) is 15.7. The van der Waals surface area contributed by atoms with Crippen LogP contribution in [0, 0.1) is 5.92 Å². The number of hydrogen-bond acceptors (Lipinski definition) is 4. The van der Waals surface area contributed by atoms with Crippen LogP contribution in [0.15, 0.2) is 0 Å². The Hall–Kier alpha value is -0.950. The predicted molar refractivity (Wildman–Crippen MR) is 79.1 cm³/mol. The number of carbonyl (C=O) groups excluding carboxylic acids is 1. The van der Waals surface area contributed by atoms with Crippen molar-refractivity contribution in [2.75, 3.05) is 31.8 Å². The summed E-state index contributed by atoms with van der Waals surface area (Å²) in [6.45, 7) is 1.94. The van der Waals surface area contributed by atoms with Gasteiger partial charge in [-0.05, 0) is 43.6 Å². The van der Waals surface area contributed by atoms with Gasteiger partial charge in [0.2, 0.25) is 0 Å². The first-order valence-electron chi connectivity index (χ1n) is 6.97. The van der Waals surface area contributed by atoms with E-state index in [2.05, 4.69) is 10.6 Å². The van der Waals surface area contributed by atoms with Crippen molar-refractivity contribution in [3.8, 4) is 0 Å². The third kappa shape index (κ3) is 8.27. The van der Waals surface area contributed by atoms with Crippen molar-refractivity contribution in [1.29, 1.82) is 0 Å². The summed E-state index contributed by atoms with van der Waals surface area (Å²) >= 11 is 1.56. The number of carboxylic acids is 1. The van der Waals surface area contributed by atoms with Gasteiger partial charge in [-0.15, -0.1) is 0 Å². The van der Waals surface area contributed by atoms with E-state index in [4.69, 9.17) is 9.84 Å². The molecule has 0 heterocycles. The maximum atomic E-state index is 11.5. The van der Waals surface area contributed by atoms with Crippen molar-refractivity contribution in [1.82, 2.24) is 10.6 Å². The second-order valence-electron chi connectivity index (χ2n) is 4.94. The molecular weight excluding hydrogens is 280 g/mol. The number of thioether (sulfide) groups is 1. The van der Waals surface area contributed by atoms with Crippen LogP contribution in [0.1, 0.15) is 25.7 Å². The maximum absolute atomic E-state index is 11.5. The van der Waals surface area contributed by atoms with Crippen LogP contribution in [-0.4, -0.2) is 54.9 Å². The molecule has 1 atom stereocenters. The van der Waals surface area contributed by atoms with Gasteiger partial charge in [-0.3, -0.25) is 0 Å². The molecule has 0 aromatic heterocycles. The molecule has 0 saturated heterocycles. The number of hydrogen-bond donors (Lipinski definition) is 3. The Morgan fingerprint density at radius 2 is 2.20 bits per heavy atom. The minimum atomic E-state index is -0.998. The smallest absolute Gasteiger partial charge is 0.326 e. The Kier molecular flexibility index (Phi) is 8.45. The molecule has 2 amide bonds. The van der Waals surface area contributed by atoms with E-state index in [-0.39, 0.29) is 0 Å². The van der Waals surface area contributed by atoms with Crippen molar-refractivity contribution in [2.45, 2.75) is 31.7 Å². The van der Waals surface area contributed by atoms with Gasteiger partial charge < -0.3 is 20.5 Å². The van der Waals surface area contributed by atoms with Gasteiger partial charge in [0.25, 0.3) is 0 Å². The van der Waals surface area contributed by atoms with E-state index in [1.54, 1.807) is 11.8 Å². The highest BCUT2D eigenvalue weighted by Gasteiger charge is 2.21. The van der Waals surface area contributed by atoms with Gasteiger partial charge >= 0.3 is 12.0 Å². The van der Waals surface area contributed by atoms with Crippen LogP contribution in [0.4, 0.5) is 4.79 Å². The Labute approximate surface area is 124 Å². The largest absolute Gasteiger partial charge is 0.480 e. The van der Waals surface area contributed by atoms with Gasteiger partial charge in [0, 0.05) is 19.8 Å². The summed E-state index contributed by atoms with van der Waals surface area (Å²) in [6, 6.07) is -1.26. The van der Waals surface area contributed by atoms with E-state index >= 15 is 0 Å². The van der Waals surface area contributed by atoms with E-state index in [1.165, 1.54) is 12.8 Å². The van der Waals surface area contributed by atoms with Gasteiger partial charge in [-0.25, -0.2) is 9.59 Å². The zero-order chi connectivity index (χ0) is 14.8. The van der Waals surface area contributed by atoms with Crippen LogP contribution in [0.2, 0.25) is 0 Å². The quantitative estimate of drug-likeness (QED) is 0.501. The topological polar surface area (TPSA) is 87.7 Å². The number of carbonyl (C=O) groups is 2. The van der Waals surface area contributed by atoms with Crippen molar-refractivity contribution in [3.05, 3.63) is 0 Å². The standard InChI is InChI=1S/C13H24N2O4S/c1-20-8-5-11(12(16)17)15-13(18)14-6-2-7-19-9-10-3-4-10/h10-11H,2-9H2,1H3,(H,16,17)(H2,14,15,18)/t11-/m1/s1. The SMILES string of the molecule is CSCC[C@@H](NC(=O)NCCCOCC1CC1)C(=O)O. The molecule has 20 heavy (non-hydrogen) atoms. The molecule has 0 bridgehead atoms. The molecule has 1 aliphatic rings. The Morgan fingerprint density at radius 3 is 2.80 bits per heavy atom. The van der Waals surface area contributed by atoms with Gasteiger partial charge in [0.05, 0.1) is 0 Å². The monoisotopic (exact) mass is 304 g/mol. The zero-order valence-corrected chi connectivity index (χ0v) is 12.7. The molecule has 0 unspecified atom stereocenters. The summed E-state index contributed by atoms with van der Waals surface area (Å²) in [4.78, 5) is 22.5. The van der Waals surface area contributed by atoms with Crippen LogP contribution in [0.3, 0.4) is 0 Å². The highest BCUT2D eigenvalue weighted by molar-refractivity contribution is 7.98. The molecule has 6 nitrogen and oxygen atoms in total. The fourth-order valence-electron chi connectivity index (χ4n) is 1.61. The lowest BCUT2D eigenvalue weighted by Gasteiger charge is -2.14. The lowest BCUT2D eigenvalue weighted by molar-refractivity contribution is -0.139. The Bertz CT molecular complexity index is 311. The third-order valence-electron chi connectivity index (χ3n) is 3.02. The van der Waals surface area contributed by atoms with E-state index in [0.29, 0.717) is 25.3 Å². The molecule has 0 spiro atoms. The fourth-order valence-corrected chi connectivity index (χ4v) is 2.08. The first kappa shape index (κ1) is 17.1. The summed E-state index contributed by atoms with van der Waals surface area (Å²) in [5, 5.41) is 14.1. The first-order chi connectivity index (χ1) is 9.63. The summed E-state index contributed by atoms with van der Waals surface area (Å²) in [6.07, 6.45) is 5.61. The van der Waals surface area contributed by atoms with Crippen LogP contribution >= 0.6 is 11.8 Å². The molecule has 116 valence electrons. The lowest BCUT2D eigenvalue weighted by atomic mass is 10.2. The molecule has 3 N–H and O–H groups in total. The average molecular weight is 304 g/mol. The number of aliphatic carboxylic acids is 1. The Morgan fingerprint density at radius 1 is 1.45 bits per heavy atom. The minimum absolute atomic E-state index is 0.425. The zero-order valence-electron chi connectivity index (χ0n) is 11.9. The van der Waals surface area contributed by atoms with E-state index < -0.39 is 18.0 Å². The van der Waals surface area contributed by atoms with Gasteiger partial charge in [0.15, 0.2) is 0 Å². The van der Waals surface area contributed by atoms with Crippen molar-refractivity contribution < 1.29 is 19.4 Å². The highest BCUT2D eigenvalue weighted by Crippen LogP contribution is 2.28. The fraction of sp³-hybridized carbons (Fsp3) is 0.846. The summed E-state index contributed by atoms with van der Waals surface area (Å²) < 4.78 is 5.44. The molecule has 0 radical (unpaired) electrons. The number of amides is 2. The molecule has 1 saturated carbocycles. The molecule has 1 rings (SSSR count). The maximum Gasteiger partial charge on any atom is 0.326 e. The Balaban J connectivity index is 2.02. The first-order valence-corrected chi connectivity index (χ1v) is 8.36. The van der Waals surface area contributed by atoms with Crippen LogP contribution < -0.4 is 10.6 Å². The van der Waals surface area contributed by atoms with Crippen molar-refractivity contribution >= 4 is 23.8 Å².